The topological polar surface area (TPSA) is 107 Å². The molecule has 0 radical (unpaired) electrons. The summed E-state index contributed by atoms with van der Waals surface area (Å²) in [5.74, 6) is 0.0786. The van der Waals surface area contributed by atoms with Gasteiger partial charge in [0.05, 0.1) is 12.1 Å². The molecule has 0 N–H and O–H groups in total. The fraction of sp³-hybridized carbons (Fsp3) is 0.450. The van der Waals surface area contributed by atoms with Crippen molar-refractivity contribution >= 4 is 23.0 Å². The van der Waals surface area contributed by atoms with Crippen LogP contribution in [0.1, 0.15) is 50.3 Å². The molecule has 1 fully saturated rings. The highest BCUT2D eigenvalue weighted by Crippen LogP contribution is 2.32. The summed E-state index contributed by atoms with van der Waals surface area (Å²) in [4.78, 5) is 32.6. The number of amides is 1. The monoisotopic (exact) mass is 397 g/mol. The molecular formula is C20H23N5O4. The standard InChI is InChI=1S/C20H23N5O4/c1-12-11-13(2)21-20-18(12)22-19(16-9-10-17(29-16)25(27)28)24(20)23(14(3)26)15-7-5-4-6-8-15/h9-11,15H,4-8H2,1-3H3. The second-order valence-electron chi connectivity index (χ2n) is 7.55. The van der Waals surface area contributed by atoms with Gasteiger partial charge in [-0.1, -0.05) is 19.3 Å². The molecule has 0 bridgehead atoms. The second-order valence-corrected chi connectivity index (χ2v) is 7.55. The molecule has 29 heavy (non-hydrogen) atoms. The molecule has 0 atom stereocenters. The SMILES string of the molecule is CC(=O)N(C1CCCCC1)n1c(-c2ccc([N+](=O)[O-])o2)nc2c(C)cc(C)nc21. The lowest BCUT2D eigenvalue weighted by Crippen LogP contribution is -2.48. The van der Waals surface area contributed by atoms with Crippen molar-refractivity contribution < 1.29 is 14.1 Å². The molecule has 0 unspecified atom stereocenters. The number of aryl methyl sites for hydroxylation is 2. The average Bonchev–Trinajstić information content (AvgIpc) is 3.28. The highest BCUT2D eigenvalue weighted by atomic mass is 16.6. The van der Waals surface area contributed by atoms with Crippen LogP contribution in [0.25, 0.3) is 22.7 Å². The summed E-state index contributed by atoms with van der Waals surface area (Å²) in [5.41, 5.74) is 2.92. The molecule has 1 saturated carbocycles. The Labute approximate surface area is 167 Å². The number of aromatic nitrogens is 3. The Morgan fingerprint density at radius 3 is 2.59 bits per heavy atom. The van der Waals surface area contributed by atoms with Crippen LogP contribution >= 0.6 is 0 Å². The molecule has 0 spiro atoms. The average molecular weight is 397 g/mol. The lowest BCUT2D eigenvalue weighted by molar-refractivity contribution is -0.401. The highest BCUT2D eigenvalue weighted by Gasteiger charge is 2.31. The van der Waals surface area contributed by atoms with Crippen molar-refractivity contribution in [3.8, 4) is 11.6 Å². The Hall–Kier alpha value is -3.23. The number of pyridine rings is 1. The van der Waals surface area contributed by atoms with E-state index in [1.54, 1.807) is 9.69 Å². The summed E-state index contributed by atoms with van der Waals surface area (Å²) >= 11 is 0. The first kappa shape index (κ1) is 19.1. The molecule has 0 aliphatic heterocycles. The summed E-state index contributed by atoms with van der Waals surface area (Å²) in [6, 6.07) is 4.75. The molecule has 9 nitrogen and oxygen atoms in total. The van der Waals surface area contributed by atoms with Crippen molar-refractivity contribution in [2.45, 2.75) is 58.9 Å². The Morgan fingerprint density at radius 1 is 1.24 bits per heavy atom. The Balaban J connectivity index is 1.98. The molecule has 3 heterocycles. The zero-order valence-electron chi connectivity index (χ0n) is 16.7. The predicted octanol–water partition coefficient (Wildman–Crippen LogP) is 4.03. The van der Waals surface area contributed by atoms with Crippen LogP contribution in [0.3, 0.4) is 0 Å². The van der Waals surface area contributed by atoms with E-state index in [4.69, 9.17) is 4.42 Å². The van der Waals surface area contributed by atoms with E-state index in [0.29, 0.717) is 17.0 Å². The van der Waals surface area contributed by atoms with E-state index >= 15 is 0 Å². The fourth-order valence-corrected chi connectivity index (χ4v) is 4.15. The number of hydrogen-bond donors (Lipinski definition) is 0. The molecule has 152 valence electrons. The molecule has 1 aliphatic rings. The normalized spacial score (nSPS) is 15.0. The van der Waals surface area contributed by atoms with Crippen LogP contribution in [0.15, 0.2) is 22.6 Å². The van der Waals surface area contributed by atoms with E-state index in [1.807, 2.05) is 19.9 Å². The van der Waals surface area contributed by atoms with Gasteiger partial charge in [0.1, 0.15) is 10.4 Å². The minimum atomic E-state index is -0.589. The van der Waals surface area contributed by atoms with Crippen molar-refractivity contribution in [2.24, 2.45) is 0 Å². The van der Waals surface area contributed by atoms with Gasteiger partial charge in [0.25, 0.3) is 0 Å². The number of carbonyl (C=O) groups excluding carboxylic acids is 1. The number of rotatable bonds is 4. The first-order valence-corrected chi connectivity index (χ1v) is 9.78. The van der Waals surface area contributed by atoms with Gasteiger partial charge in [-0.05, 0) is 44.4 Å². The molecule has 3 aromatic rings. The van der Waals surface area contributed by atoms with Gasteiger partial charge in [0.15, 0.2) is 17.2 Å². The highest BCUT2D eigenvalue weighted by molar-refractivity contribution is 5.89. The van der Waals surface area contributed by atoms with Gasteiger partial charge in [0.2, 0.25) is 5.91 Å². The Kier molecular flexibility index (Phi) is 4.81. The summed E-state index contributed by atoms with van der Waals surface area (Å²) in [5, 5.41) is 12.8. The molecule has 0 saturated heterocycles. The maximum Gasteiger partial charge on any atom is 0.433 e. The fourth-order valence-electron chi connectivity index (χ4n) is 4.15. The van der Waals surface area contributed by atoms with Crippen LogP contribution in [-0.2, 0) is 4.79 Å². The van der Waals surface area contributed by atoms with Gasteiger partial charge in [-0.25, -0.2) is 19.7 Å². The van der Waals surface area contributed by atoms with Crippen molar-refractivity contribution in [3.63, 3.8) is 0 Å². The summed E-state index contributed by atoms with van der Waals surface area (Å²) < 4.78 is 7.13. The number of carbonyl (C=O) groups is 1. The van der Waals surface area contributed by atoms with Crippen LogP contribution in [0.5, 0.6) is 0 Å². The van der Waals surface area contributed by atoms with Crippen molar-refractivity contribution in [1.82, 2.24) is 14.6 Å². The van der Waals surface area contributed by atoms with E-state index in [2.05, 4.69) is 9.97 Å². The zero-order chi connectivity index (χ0) is 20.7. The lowest BCUT2D eigenvalue weighted by Gasteiger charge is -2.34. The van der Waals surface area contributed by atoms with E-state index in [9.17, 15) is 14.9 Å². The molecule has 3 aromatic heterocycles. The summed E-state index contributed by atoms with van der Waals surface area (Å²) in [7, 11) is 0. The minimum Gasteiger partial charge on any atom is -0.397 e. The number of nitrogens with zero attached hydrogens (tertiary/aromatic N) is 5. The number of imidazole rings is 1. The van der Waals surface area contributed by atoms with Gasteiger partial charge in [-0.15, -0.1) is 0 Å². The van der Waals surface area contributed by atoms with Crippen LogP contribution in [0.4, 0.5) is 5.88 Å². The predicted molar refractivity (Wildman–Crippen MR) is 107 cm³/mol. The first-order valence-electron chi connectivity index (χ1n) is 9.78. The van der Waals surface area contributed by atoms with Gasteiger partial charge in [-0.2, -0.15) is 0 Å². The van der Waals surface area contributed by atoms with Crippen LogP contribution in [0.2, 0.25) is 0 Å². The van der Waals surface area contributed by atoms with Crippen molar-refractivity contribution in [1.29, 1.82) is 0 Å². The number of furan rings is 1. The lowest BCUT2D eigenvalue weighted by atomic mass is 9.95. The number of nitro groups is 1. The van der Waals surface area contributed by atoms with Crippen LogP contribution < -0.4 is 5.01 Å². The van der Waals surface area contributed by atoms with Crippen molar-refractivity contribution in [3.05, 3.63) is 39.6 Å². The minimum absolute atomic E-state index is 0.0185. The van der Waals surface area contributed by atoms with Crippen LogP contribution in [0, 0.1) is 24.0 Å². The third-order valence-corrected chi connectivity index (χ3v) is 5.36. The quantitative estimate of drug-likeness (QED) is 0.486. The third-order valence-electron chi connectivity index (χ3n) is 5.36. The molecule has 1 aliphatic carbocycles. The Bertz CT molecular complexity index is 1090. The number of fused-ring (bicyclic) bond motifs is 1. The maximum absolute atomic E-state index is 12.8. The molecule has 1 amide bonds. The molecule has 9 heteroatoms. The van der Waals surface area contributed by atoms with E-state index < -0.39 is 4.92 Å². The van der Waals surface area contributed by atoms with Gasteiger partial charge in [-0.3, -0.25) is 14.9 Å². The zero-order valence-corrected chi connectivity index (χ0v) is 16.7. The Morgan fingerprint density at radius 2 is 1.97 bits per heavy atom. The largest absolute Gasteiger partial charge is 0.433 e. The smallest absolute Gasteiger partial charge is 0.397 e. The summed E-state index contributed by atoms with van der Waals surface area (Å²) in [6.45, 7) is 5.35. The first-order chi connectivity index (χ1) is 13.9. The second kappa shape index (κ2) is 7.31. The maximum atomic E-state index is 12.8. The van der Waals surface area contributed by atoms with Crippen LogP contribution in [-0.4, -0.2) is 31.5 Å². The molecular weight excluding hydrogens is 374 g/mol. The third kappa shape index (κ3) is 3.37. The van der Waals surface area contributed by atoms with Crippen molar-refractivity contribution in [2.75, 3.05) is 5.01 Å². The van der Waals surface area contributed by atoms with Gasteiger partial charge in [0, 0.05) is 12.6 Å². The van der Waals surface area contributed by atoms with Gasteiger partial charge >= 0.3 is 5.88 Å². The molecule has 0 aromatic carbocycles. The van der Waals surface area contributed by atoms with E-state index in [0.717, 1.165) is 43.4 Å². The molecule has 4 rings (SSSR count). The summed E-state index contributed by atoms with van der Waals surface area (Å²) in [6.07, 6.45) is 5.03. The van der Waals surface area contributed by atoms with Gasteiger partial charge < -0.3 is 4.42 Å². The number of hydrogen-bond acceptors (Lipinski definition) is 6. The van der Waals surface area contributed by atoms with E-state index in [1.165, 1.54) is 19.1 Å². The van der Waals surface area contributed by atoms with E-state index in [-0.39, 0.29) is 23.6 Å².